The SMILES string of the molecule is COc1ccc2c(n1)Nc1ccccc1C(c1ccccc1)=N2. The molecule has 1 N–H and O–H groups in total. The molecule has 23 heavy (non-hydrogen) atoms. The molecular formula is C19H15N3O. The molecule has 4 rings (SSSR count). The molecule has 2 heterocycles. The number of aromatic nitrogens is 1. The van der Waals surface area contributed by atoms with E-state index in [1.165, 1.54) is 0 Å². The van der Waals surface area contributed by atoms with Crippen LogP contribution in [0.2, 0.25) is 0 Å². The van der Waals surface area contributed by atoms with Gasteiger partial charge in [-0.1, -0.05) is 48.5 Å². The van der Waals surface area contributed by atoms with Crippen LogP contribution in [0, 0.1) is 0 Å². The van der Waals surface area contributed by atoms with E-state index in [1.54, 1.807) is 7.11 Å². The predicted octanol–water partition coefficient (Wildman–Crippen LogP) is 4.32. The van der Waals surface area contributed by atoms with E-state index in [0.717, 1.165) is 28.2 Å². The van der Waals surface area contributed by atoms with Gasteiger partial charge >= 0.3 is 0 Å². The minimum absolute atomic E-state index is 0.562. The van der Waals surface area contributed by atoms with Crippen LogP contribution >= 0.6 is 0 Å². The van der Waals surface area contributed by atoms with Gasteiger partial charge in [0.1, 0.15) is 5.69 Å². The van der Waals surface area contributed by atoms with Gasteiger partial charge in [-0.3, -0.25) is 0 Å². The van der Waals surface area contributed by atoms with E-state index in [-0.39, 0.29) is 0 Å². The third-order valence-electron chi connectivity index (χ3n) is 3.77. The molecule has 0 saturated carbocycles. The van der Waals surface area contributed by atoms with Crippen molar-refractivity contribution in [3.63, 3.8) is 0 Å². The fourth-order valence-corrected chi connectivity index (χ4v) is 2.65. The van der Waals surface area contributed by atoms with E-state index < -0.39 is 0 Å². The fourth-order valence-electron chi connectivity index (χ4n) is 2.65. The molecule has 0 unspecified atom stereocenters. The van der Waals surface area contributed by atoms with Crippen molar-refractivity contribution in [2.45, 2.75) is 0 Å². The zero-order chi connectivity index (χ0) is 15.6. The van der Waals surface area contributed by atoms with E-state index in [4.69, 9.17) is 9.73 Å². The lowest BCUT2D eigenvalue weighted by Gasteiger charge is -2.10. The standard InChI is InChI=1S/C19H15N3O/c1-23-17-12-11-16-19(22-17)21-15-10-6-5-9-14(15)18(20-16)13-7-3-2-4-8-13/h2-12H,1H3,(H,21,22). The van der Waals surface area contributed by atoms with Crippen LogP contribution in [0.25, 0.3) is 0 Å². The largest absolute Gasteiger partial charge is 0.481 e. The normalized spacial score (nSPS) is 12.3. The molecule has 1 aliphatic heterocycles. The van der Waals surface area contributed by atoms with Crippen LogP contribution in [0.4, 0.5) is 17.2 Å². The van der Waals surface area contributed by atoms with Crippen LogP contribution in [0.15, 0.2) is 71.7 Å². The molecule has 1 aromatic heterocycles. The quantitative estimate of drug-likeness (QED) is 0.600. The van der Waals surface area contributed by atoms with Gasteiger partial charge in [0.05, 0.1) is 12.8 Å². The van der Waals surface area contributed by atoms with Crippen molar-refractivity contribution in [3.05, 3.63) is 77.9 Å². The lowest BCUT2D eigenvalue weighted by Crippen LogP contribution is -2.04. The van der Waals surface area contributed by atoms with E-state index in [0.29, 0.717) is 11.7 Å². The maximum atomic E-state index is 5.22. The number of para-hydroxylation sites is 1. The Balaban J connectivity index is 1.96. The highest BCUT2D eigenvalue weighted by Gasteiger charge is 2.18. The average Bonchev–Trinajstić information content (AvgIpc) is 2.78. The summed E-state index contributed by atoms with van der Waals surface area (Å²) in [6, 6.07) is 22.0. The third-order valence-corrected chi connectivity index (χ3v) is 3.77. The van der Waals surface area contributed by atoms with Gasteiger partial charge in [0.15, 0.2) is 5.82 Å². The Labute approximate surface area is 134 Å². The second-order valence-corrected chi connectivity index (χ2v) is 5.22. The number of ether oxygens (including phenoxy) is 1. The summed E-state index contributed by atoms with van der Waals surface area (Å²) in [6.07, 6.45) is 0. The fraction of sp³-hybridized carbons (Fsp3) is 0.0526. The van der Waals surface area contributed by atoms with Gasteiger partial charge in [0, 0.05) is 22.9 Å². The maximum Gasteiger partial charge on any atom is 0.215 e. The molecule has 2 aromatic carbocycles. The first-order valence-electron chi connectivity index (χ1n) is 7.41. The molecule has 0 spiro atoms. The summed E-state index contributed by atoms with van der Waals surface area (Å²) in [4.78, 5) is 9.34. The van der Waals surface area contributed by atoms with Crippen LogP contribution in [0.1, 0.15) is 11.1 Å². The minimum Gasteiger partial charge on any atom is -0.481 e. The second kappa shape index (κ2) is 5.57. The summed E-state index contributed by atoms with van der Waals surface area (Å²) in [5.74, 6) is 1.26. The molecular weight excluding hydrogens is 286 g/mol. The van der Waals surface area contributed by atoms with Crippen LogP contribution < -0.4 is 10.1 Å². The van der Waals surface area contributed by atoms with E-state index in [9.17, 15) is 0 Å². The van der Waals surface area contributed by atoms with Crippen molar-refractivity contribution in [2.24, 2.45) is 4.99 Å². The number of methoxy groups -OCH3 is 1. The number of pyridine rings is 1. The summed E-state index contributed by atoms with van der Waals surface area (Å²) >= 11 is 0. The Morgan fingerprint density at radius 1 is 0.870 bits per heavy atom. The summed E-state index contributed by atoms with van der Waals surface area (Å²) in [5, 5.41) is 3.37. The molecule has 4 nitrogen and oxygen atoms in total. The highest BCUT2D eigenvalue weighted by Crippen LogP contribution is 2.35. The number of nitrogens with zero attached hydrogens (tertiary/aromatic N) is 2. The van der Waals surface area contributed by atoms with Crippen LogP contribution in [-0.2, 0) is 0 Å². The lowest BCUT2D eigenvalue weighted by molar-refractivity contribution is 0.398. The summed E-state index contributed by atoms with van der Waals surface area (Å²) < 4.78 is 5.22. The number of rotatable bonds is 2. The first-order valence-corrected chi connectivity index (χ1v) is 7.41. The molecule has 0 atom stereocenters. The second-order valence-electron chi connectivity index (χ2n) is 5.22. The average molecular weight is 301 g/mol. The van der Waals surface area contributed by atoms with Gasteiger partial charge in [-0.05, 0) is 12.1 Å². The maximum absolute atomic E-state index is 5.22. The van der Waals surface area contributed by atoms with Crippen molar-refractivity contribution in [2.75, 3.05) is 12.4 Å². The zero-order valence-corrected chi connectivity index (χ0v) is 12.7. The van der Waals surface area contributed by atoms with Crippen molar-refractivity contribution in [1.82, 2.24) is 4.98 Å². The van der Waals surface area contributed by atoms with Crippen molar-refractivity contribution < 1.29 is 4.74 Å². The molecule has 0 amide bonds. The molecule has 3 aromatic rings. The number of benzene rings is 2. The molecule has 0 radical (unpaired) electrons. The highest BCUT2D eigenvalue weighted by molar-refractivity contribution is 6.18. The monoisotopic (exact) mass is 301 g/mol. The van der Waals surface area contributed by atoms with Gasteiger partial charge in [-0.25, -0.2) is 4.99 Å². The lowest BCUT2D eigenvalue weighted by atomic mass is 10.0. The van der Waals surface area contributed by atoms with E-state index >= 15 is 0 Å². The number of fused-ring (bicyclic) bond motifs is 2. The predicted molar refractivity (Wildman–Crippen MR) is 92.3 cm³/mol. The number of hydrogen-bond acceptors (Lipinski definition) is 4. The number of hydrogen-bond donors (Lipinski definition) is 1. The van der Waals surface area contributed by atoms with Crippen molar-refractivity contribution in [3.8, 4) is 5.88 Å². The first kappa shape index (κ1) is 13.5. The molecule has 112 valence electrons. The molecule has 4 heteroatoms. The molecule has 0 bridgehead atoms. The highest BCUT2D eigenvalue weighted by atomic mass is 16.5. The Bertz CT molecular complexity index is 888. The van der Waals surface area contributed by atoms with Crippen molar-refractivity contribution >= 4 is 22.9 Å². The molecule has 0 saturated heterocycles. The number of nitrogens with one attached hydrogen (secondary N) is 1. The topological polar surface area (TPSA) is 46.5 Å². The van der Waals surface area contributed by atoms with Gasteiger partial charge in [-0.2, -0.15) is 4.98 Å². The Kier molecular flexibility index (Phi) is 3.27. The van der Waals surface area contributed by atoms with Gasteiger partial charge < -0.3 is 10.1 Å². The molecule has 0 fully saturated rings. The Morgan fingerprint density at radius 2 is 1.65 bits per heavy atom. The molecule has 1 aliphatic rings. The first-order chi connectivity index (χ1) is 11.3. The van der Waals surface area contributed by atoms with Crippen LogP contribution in [0.5, 0.6) is 5.88 Å². The Morgan fingerprint density at radius 3 is 2.48 bits per heavy atom. The zero-order valence-electron chi connectivity index (χ0n) is 12.7. The smallest absolute Gasteiger partial charge is 0.215 e. The summed E-state index contributed by atoms with van der Waals surface area (Å²) in [7, 11) is 1.61. The Hall–Kier alpha value is -3.14. The van der Waals surface area contributed by atoms with E-state index in [1.807, 2.05) is 48.5 Å². The van der Waals surface area contributed by atoms with Crippen LogP contribution in [-0.4, -0.2) is 17.8 Å². The third kappa shape index (κ3) is 2.44. The van der Waals surface area contributed by atoms with Gasteiger partial charge in [0.25, 0.3) is 0 Å². The summed E-state index contributed by atoms with van der Waals surface area (Å²) in [6.45, 7) is 0. The van der Waals surface area contributed by atoms with Crippen LogP contribution in [0.3, 0.4) is 0 Å². The minimum atomic E-state index is 0.562. The molecule has 0 aliphatic carbocycles. The van der Waals surface area contributed by atoms with Gasteiger partial charge in [0.2, 0.25) is 5.88 Å². The van der Waals surface area contributed by atoms with Gasteiger partial charge in [-0.15, -0.1) is 0 Å². The van der Waals surface area contributed by atoms with E-state index in [2.05, 4.69) is 28.5 Å². The number of aliphatic imine (C=N–C) groups is 1. The van der Waals surface area contributed by atoms with Crippen molar-refractivity contribution in [1.29, 1.82) is 0 Å². The number of anilines is 2. The summed E-state index contributed by atoms with van der Waals surface area (Å²) in [5.41, 5.74) is 4.83.